The fourth-order valence-electron chi connectivity index (χ4n) is 0.439. The van der Waals surface area contributed by atoms with Gasteiger partial charge in [0.1, 0.15) is 0 Å². The van der Waals surface area contributed by atoms with Gasteiger partial charge in [-0.15, -0.1) is 0 Å². The fraction of sp³-hybridized carbons (Fsp3) is 0. The summed E-state index contributed by atoms with van der Waals surface area (Å²) in [7, 11) is 0. The third kappa shape index (κ3) is 2.89. The van der Waals surface area contributed by atoms with Gasteiger partial charge in [-0.2, -0.15) is 0 Å². The molecule has 1 aromatic rings. The molecule has 0 nitrogen and oxygen atoms in total. The van der Waals surface area contributed by atoms with Gasteiger partial charge in [-0.25, -0.2) is 0 Å². The Labute approximate surface area is 86.8 Å². The van der Waals surface area contributed by atoms with Crippen molar-refractivity contribution in [2.75, 3.05) is 0 Å². The van der Waals surface area contributed by atoms with Crippen LogP contribution in [0.3, 0.4) is 0 Å². The number of rotatable bonds is 0. The molecule has 0 aliphatic heterocycles. The molecule has 1 rings (SSSR count). The third-order valence-corrected chi connectivity index (χ3v) is 2.07. The third-order valence-electron chi connectivity index (χ3n) is 0.824. The minimum Gasteiger partial charge on any atom is -1.00 e. The Bertz CT molecular complexity index is 177. The van der Waals surface area contributed by atoms with E-state index < -0.39 is 0 Å². The number of hydrogen-bond acceptors (Lipinski definition) is 0. The molecule has 0 aromatic heterocycles. The minimum absolute atomic E-state index is 0. The molecule has 0 saturated heterocycles. The van der Waals surface area contributed by atoms with Crippen LogP contribution in [0.25, 0.3) is 0 Å². The summed E-state index contributed by atoms with van der Waals surface area (Å²) >= 11 is 8.93. The van der Waals surface area contributed by atoms with Crippen molar-refractivity contribution in [2.45, 2.75) is 0 Å². The zero-order valence-corrected chi connectivity index (χ0v) is 8.53. The van der Waals surface area contributed by atoms with Crippen LogP contribution in [0.1, 0.15) is 2.85 Å². The van der Waals surface area contributed by atoms with Gasteiger partial charge in [-0.05, 0) is 28.1 Å². The Kier molecular flexibility index (Phi) is 4.94. The first kappa shape index (κ1) is 9.76. The van der Waals surface area contributed by atoms with Crippen molar-refractivity contribution >= 4 is 50.6 Å². The maximum atomic E-state index is 5.66. The normalized spacial score (nSPS) is 8.22. The van der Waals surface area contributed by atoms with Crippen molar-refractivity contribution in [3.05, 3.63) is 33.8 Å². The average molecular weight is 218 g/mol. The van der Waals surface area contributed by atoms with Gasteiger partial charge in [0.05, 0.1) is 5.02 Å². The summed E-state index contributed by atoms with van der Waals surface area (Å²) in [6.07, 6.45) is 0. The fourth-order valence-corrected chi connectivity index (χ4v) is 0.860. The standard InChI is InChI=1S/C6H4BrCl.Mg.2H/c7-5-3-1-2-4-6(5)8;;;/h1-4H;;;/q;+2;2*-1. The maximum Gasteiger partial charge on any atom is 2.00 e. The van der Waals surface area contributed by atoms with Crippen molar-refractivity contribution in [3.63, 3.8) is 0 Å². The number of halogens is 2. The van der Waals surface area contributed by atoms with Gasteiger partial charge in [0.25, 0.3) is 0 Å². The molecule has 1 aromatic carbocycles. The van der Waals surface area contributed by atoms with E-state index in [9.17, 15) is 0 Å². The zero-order chi connectivity index (χ0) is 5.98. The first-order valence-corrected chi connectivity index (χ1v) is 3.38. The second-order valence-electron chi connectivity index (χ2n) is 1.41. The van der Waals surface area contributed by atoms with Crippen LogP contribution in [0, 0.1) is 0 Å². The number of benzene rings is 1. The summed E-state index contributed by atoms with van der Waals surface area (Å²) in [4.78, 5) is 0. The molecule has 0 bridgehead atoms. The smallest absolute Gasteiger partial charge is 1.00 e. The van der Waals surface area contributed by atoms with E-state index in [0.29, 0.717) is 0 Å². The Morgan fingerprint density at radius 3 is 2.22 bits per heavy atom. The van der Waals surface area contributed by atoms with Crippen LogP contribution in [0.2, 0.25) is 5.02 Å². The maximum absolute atomic E-state index is 5.66. The van der Waals surface area contributed by atoms with Gasteiger partial charge in [-0.3, -0.25) is 0 Å². The molecule has 0 radical (unpaired) electrons. The molecular formula is C6H6BrClMg. The molecule has 9 heavy (non-hydrogen) atoms. The van der Waals surface area contributed by atoms with Crippen LogP contribution < -0.4 is 0 Å². The molecule has 0 N–H and O–H groups in total. The summed E-state index contributed by atoms with van der Waals surface area (Å²) < 4.78 is 0.946. The summed E-state index contributed by atoms with van der Waals surface area (Å²) in [5, 5.41) is 0.757. The molecule has 0 spiro atoms. The predicted octanol–water partition coefficient (Wildman–Crippen LogP) is 2.95. The predicted molar refractivity (Wildman–Crippen MR) is 47.1 cm³/mol. The van der Waals surface area contributed by atoms with Crippen molar-refractivity contribution in [1.29, 1.82) is 0 Å². The molecule has 0 amide bonds. The minimum atomic E-state index is 0. The van der Waals surface area contributed by atoms with Crippen molar-refractivity contribution < 1.29 is 2.85 Å². The van der Waals surface area contributed by atoms with Crippen LogP contribution in [0.15, 0.2) is 28.7 Å². The van der Waals surface area contributed by atoms with E-state index in [1.807, 2.05) is 24.3 Å². The molecular weight excluding hydrogens is 212 g/mol. The van der Waals surface area contributed by atoms with Crippen LogP contribution in [-0.2, 0) is 0 Å². The van der Waals surface area contributed by atoms with Crippen LogP contribution in [0.4, 0.5) is 0 Å². The Morgan fingerprint density at radius 1 is 1.33 bits per heavy atom. The molecule has 0 saturated carbocycles. The van der Waals surface area contributed by atoms with E-state index in [2.05, 4.69) is 15.9 Å². The van der Waals surface area contributed by atoms with Crippen molar-refractivity contribution in [2.24, 2.45) is 0 Å². The Morgan fingerprint density at radius 2 is 1.89 bits per heavy atom. The first-order valence-electron chi connectivity index (χ1n) is 2.21. The summed E-state index contributed by atoms with van der Waals surface area (Å²) in [6, 6.07) is 7.57. The summed E-state index contributed by atoms with van der Waals surface area (Å²) in [6.45, 7) is 0. The SMILES string of the molecule is Clc1ccccc1Br.[H-].[H-].[Mg+2]. The average Bonchev–Trinajstić information content (AvgIpc) is 1.77. The first-order chi connectivity index (χ1) is 3.80. The molecule has 0 atom stereocenters. The van der Waals surface area contributed by atoms with Crippen LogP contribution in [0.5, 0.6) is 0 Å². The largest absolute Gasteiger partial charge is 2.00 e. The zero-order valence-electron chi connectivity index (χ0n) is 6.77. The van der Waals surface area contributed by atoms with E-state index >= 15 is 0 Å². The molecule has 0 fully saturated rings. The van der Waals surface area contributed by atoms with Gasteiger partial charge in [0, 0.05) is 4.47 Å². The molecule has 0 aliphatic rings. The van der Waals surface area contributed by atoms with Gasteiger partial charge in [0.15, 0.2) is 0 Å². The van der Waals surface area contributed by atoms with Crippen molar-refractivity contribution in [1.82, 2.24) is 0 Å². The molecule has 0 aliphatic carbocycles. The van der Waals surface area contributed by atoms with Gasteiger partial charge in [-0.1, -0.05) is 23.7 Å². The Balaban J connectivity index is -0.000000213. The Hall–Kier alpha value is 0.756. The second kappa shape index (κ2) is 4.55. The molecule has 0 unspecified atom stereocenters. The van der Waals surface area contributed by atoms with Gasteiger partial charge in [0.2, 0.25) is 0 Å². The monoisotopic (exact) mass is 216 g/mol. The molecule has 0 heterocycles. The van der Waals surface area contributed by atoms with E-state index in [4.69, 9.17) is 11.6 Å². The van der Waals surface area contributed by atoms with E-state index in [1.165, 1.54) is 0 Å². The van der Waals surface area contributed by atoms with Crippen LogP contribution >= 0.6 is 27.5 Å². The molecule has 46 valence electrons. The van der Waals surface area contributed by atoms with E-state index in [1.54, 1.807) is 0 Å². The topological polar surface area (TPSA) is 0 Å². The van der Waals surface area contributed by atoms with Crippen molar-refractivity contribution in [3.8, 4) is 0 Å². The van der Waals surface area contributed by atoms with Gasteiger partial charge < -0.3 is 2.85 Å². The van der Waals surface area contributed by atoms with E-state index in [-0.39, 0.29) is 25.9 Å². The summed E-state index contributed by atoms with van der Waals surface area (Å²) in [5.74, 6) is 0. The van der Waals surface area contributed by atoms with E-state index in [0.717, 1.165) is 9.50 Å². The van der Waals surface area contributed by atoms with Gasteiger partial charge >= 0.3 is 23.1 Å². The van der Waals surface area contributed by atoms with Crippen LogP contribution in [-0.4, -0.2) is 23.1 Å². The quantitative estimate of drug-likeness (QED) is 0.587. The second-order valence-corrected chi connectivity index (χ2v) is 2.68. The number of hydrogen-bond donors (Lipinski definition) is 0. The molecule has 3 heteroatoms. The summed E-state index contributed by atoms with van der Waals surface area (Å²) in [5.41, 5.74) is 0.